The van der Waals surface area contributed by atoms with Crippen molar-refractivity contribution in [2.45, 2.75) is 0 Å². The van der Waals surface area contributed by atoms with Gasteiger partial charge in [0.1, 0.15) is 5.75 Å². The fourth-order valence-electron chi connectivity index (χ4n) is 1.80. The molecule has 1 N–H and O–H groups in total. The summed E-state index contributed by atoms with van der Waals surface area (Å²) >= 11 is 1.81. The Balaban J connectivity index is 2.29. The zero-order chi connectivity index (χ0) is 12.3. The quantitative estimate of drug-likeness (QED) is 0.807. The SMILES string of the molecule is O=Cc1c(O)cccc1C(=O)N1CCSCC1. The maximum atomic E-state index is 12.2. The summed E-state index contributed by atoms with van der Waals surface area (Å²) in [6, 6.07) is 4.56. The van der Waals surface area contributed by atoms with Gasteiger partial charge in [-0.1, -0.05) is 6.07 Å². The van der Waals surface area contributed by atoms with Crippen LogP contribution in [0.15, 0.2) is 18.2 Å². The van der Waals surface area contributed by atoms with Gasteiger partial charge < -0.3 is 10.0 Å². The van der Waals surface area contributed by atoms with Crippen molar-refractivity contribution >= 4 is 24.0 Å². The molecule has 90 valence electrons. The Bertz CT molecular complexity index is 441. The molecular weight excluding hydrogens is 238 g/mol. The lowest BCUT2D eigenvalue weighted by molar-refractivity contribution is 0.0768. The van der Waals surface area contributed by atoms with E-state index in [2.05, 4.69) is 0 Å². The highest BCUT2D eigenvalue weighted by atomic mass is 32.2. The molecule has 0 aromatic heterocycles. The van der Waals surface area contributed by atoms with E-state index < -0.39 is 0 Å². The first-order valence-electron chi connectivity index (χ1n) is 5.38. The van der Waals surface area contributed by atoms with Gasteiger partial charge in [0, 0.05) is 24.6 Å². The van der Waals surface area contributed by atoms with Crippen molar-refractivity contribution < 1.29 is 14.7 Å². The Hall–Kier alpha value is -1.49. The molecule has 1 aliphatic rings. The largest absolute Gasteiger partial charge is 0.507 e. The topological polar surface area (TPSA) is 57.6 Å². The van der Waals surface area contributed by atoms with Gasteiger partial charge in [0.25, 0.3) is 5.91 Å². The van der Waals surface area contributed by atoms with E-state index in [4.69, 9.17) is 0 Å². The highest BCUT2D eigenvalue weighted by molar-refractivity contribution is 7.99. The number of nitrogens with zero attached hydrogens (tertiary/aromatic N) is 1. The first kappa shape index (κ1) is 12.0. The molecule has 1 amide bonds. The second-order valence-electron chi connectivity index (χ2n) is 3.76. The van der Waals surface area contributed by atoms with Crippen molar-refractivity contribution in [1.29, 1.82) is 0 Å². The standard InChI is InChI=1S/C12H13NO3S/c14-8-10-9(2-1-3-11(10)15)12(16)13-4-6-17-7-5-13/h1-3,8,15H,4-7H2. The summed E-state index contributed by atoms with van der Waals surface area (Å²) in [5.74, 6) is 1.52. The number of thioether (sulfide) groups is 1. The van der Waals surface area contributed by atoms with Crippen LogP contribution in [0.4, 0.5) is 0 Å². The Kier molecular flexibility index (Phi) is 3.68. The lowest BCUT2D eigenvalue weighted by Crippen LogP contribution is -2.38. The van der Waals surface area contributed by atoms with Crippen LogP contribution < -0.4 is 0 Å². The number of phenolic OH excluding ortho intramolecular Hbond substituents is 1. The maximum Gasteiger partial charge on any atom is 0.254 e. The molecule has 0 bridgehead atoms. The monoisotopic (exact) mass is 251 g/mol. The van der Waals surface area contributed by atoms with E-state index >= 15 is 0 Å². The zero-order valence-corrected chi connectivity index (χ0v) is 10.1. The molecule has 1 heterocycles. The molecular formula is C12H13NO3S. The lowest BCUT2D eigenvalue weighted by atomic mass is 10.1. The summed E-state index contributed by atoms with van der Waals surface area (Å²) in [6.07, 6.45) is 0.529. The molecule has 0 atom stereocenters. The molecule has 5 heteroatoms. The van der Waals surface area contributed by atoms with E-state index in [-0.39, 0.29) is 22.8 Å². The minimum atomic E-state index is -0.177. The number of benzene rings is 1. The van der Waals surface area contributed by atoms with Gasteiger partial charge >= 0.3 is 0 Å². The van der Waals surface area contributed by atoms with Crippen LogP contribution >= 0.6 is 11.8 Å². The minimum Gasteiger partial charge on any atom is -0.507 e. The third-order valence-corrected chi connectivity index (χ3v) is 3.67. The minimum absolute atomic E-state index is 0.0794. The van der Waals surface area contributed by atoms with Gasteiger partial charge in [0.05, 0.1) is 11.1 Å². The fourth-order valence-corrected chi connectivity index (χ4v) is 2.70. The second-order valence-corrected chi connectivity index (χ2v) is 4.99. The average Bonchev–Trinajstić information content (AvgIpc) is 2.38. The summed E-state index contributed by atoms with van der Waals surface area (Å²) < 4.78 is 0. The summed E-state index contributed by atoms with van der Waals surface area (Å²) in [4.78, 5) is 24.8. The normalized spacial score (nSPS) is 15.6. The molecule has 0 aliphatic carbocycles. The highest BCUT2D eigenvalue weighted by Crippen LogP contribution is 2.21. The molecule has 1 aromatic rings. The Labute approximate surface area is 104 Å². The summed E-state index contributed by atoms with van der Waals surface area (Å²) in [7, 11) is 0. The van der Waals surface area contributed by atoms with Gasteiger partial charge in [0.2, 0.25) is 0 Å². The highest BCUT2D eigenvalue weighted by Gasteiger charge is 2.21. The van der Waals surface area contributed by atoms with Gasteiger partial charge in [-0.25, -0.2) is 0 Å². The average molecular weight is 251 g/mol. The molecule has 1 aliphatic heterocycles. The number of phenols is 1. The molecule has 0 saturated carbocycles. The second kappa shape index (κ2) is 5.23. The molecule has 1 aromatic carbocycles. The molecule has 4 nitrogen and oxygen atoms in total. The van der Waals surface area contributed by atoms with Crippen LogP contribution in [0.2, 0.25) is 0 Å². The predicted octanol–water partition coefficient (Wildman–Crippen LogP) is 1.39. The number of hydrogen-bond acceptors (Lipinski definition) is 4. The molecule has 0 unspecified atom stereocenters. The Morgan fingerprint density at radius 1 is 1.35 bits per heavy atom. The van der Waals surface area contributed by atoms with Crippen LogP contribution in [-0.4, -0.2) is 46.8 Å². The molecule has 0 radical (unpaired) electrons. The number of hydrogen-bond donors (Lipinski definition) is 1. The van der Waals surface area contributed by atoms with Gasteiger partial charge in [-0.15, -0.1) is 0 Å². The van der Waals surface area contributed by atoms with Crippen molar-refractivity contribution in [2.75, 3.05) is 24.6 Å². The Morgan fingerprint density at radius 2 is 2.06 bits per heavy atom. The third kappa shape index (κ3) is 2.44. The number of rotatable bonds is 2. The van der Waals surface area contributed by atoms with Gasteiger partial charge in [-0.05, 0) is 12.1 Å². The maximum absolute atomic E-state index is 12.2. The zero-order valence-electron chi connectivity index (χ0n) is 9.26. The van der Waals surface area contributed by atoms with Crippen molar-refractivity contribution in [2.24, 2.45) is 0 Å². The number of carbonyl (C=O) groups excluding carboxylic acids is 2. The smallest absolute Gasteiger partial charge is 0.254 e. The van der Waals surface area contributed by atoms with Crippen molar-refractivity contribution in [3.63, 3.8) is 0 Å². The molecule has 0 spiro atoms. The van der Waals surface area contributed by atoms with Crippen molar-refractivity contribution in [3.8, 4) is 5.75 Å². The number of amides is 1. The van der Waals surface area contributed by atoms with Crippen molar-refractivity contribution in [1.82, 2.24) is 4.90 Å². The van der Waals surface area contributed by atoms with Crippen LogP contribution in [0.1, 0.15) is 20.7 Å². The predicted molar refractivity (Wildman–Crippen MR) is 66.7 cm³/mol. The van der Waals surface area contributed by atoms with Crippen molar-refractivity contribution in [3.05, 3.63) is 29.3 Å². The number of aromatic hydroxyl groups is 1. The lowest BCUT2D eigenvalue weighted by Gasteiger charge is -2.26. The van der Waals surface area contributed by atoms with E-state index in [9.17, 15) is 14.7 Å². The van der Waals surface area contributed by atoms with E-state index in [0.717, 1.165) is 11.5 Å². The first-order valence-corrected chi connectivity index (χ1v) is 6.53. The summed E-state index contributed by atoms with van der Waals surface area (Å²) in [5.41, 5.74) is 0.364. The van der Waals surface area contributed by atoms with E-state index in [0.29, 0.717) is 19.4 Å². The van der Waals surface area contributed by atoms with E-state index in [1.807, 2.05) is 11.8 Å². The van der Waals surface area contributed by atoms with Crippen LogP contribution in [0.25, 0.3) is 0 Å². The van der Waals surface area contributed by atoms with Gasteiger partial charge in [-0.2, -0.15) is 11.8 Å². The molecule has 2 rings (SSSR count). The van der Waals surface area contributed by atoms with Crippen LogP contribution in [0.5, 0.6) is 5.75 Å². The molecule has 17 heavy (non-hydrogen) atoms. The van der Waals surface area contributed by atoms with Gasteiger partial charge in [-0.3, -0.25) is 9.59 Å². The Morgan fingerprint density at radius 3 is 2.71 bits per heavy atom. The summed E-state index contributed by atoms with van der Waals surface area (Å²) in [5, 5.41) is 9.53. The summed E-state index contributed by atoms with van der Waals surface area (Å²) in [6.45, 7) is 1.38. The van der Waals surface area contributed by atoms with Crippen LogP contribution in [-0.2, 0) is 0 Å². The molecule has 1 saturated heterocycles. The van der Waals surface area contributed by atoms with Gasteiger partial charge in [0.15, 0.2) is 6.29 Å². The first-order chi connectivity index (χ1) is 8.24. The van der Waals surface area contributed by atoms with Crippen LogP contribution in [0, 0.1) is 0 Å². The molecule has 1 fully saturated rings. The number of carbonyl (C=O) groups is 2. The third-order valence-electron chi connectivity index (χ3n) is 2.73. The van der Waals surface area contributed by atoms with E-state index in [1.54, 1.807) is 17.0 Å². The van der Waals surface area contributed by atoms with Crippen LogP contribution in [0.3, 0.4) is 0 Å². The fraction of sp³-hybridized carbons (Fsp3) is 0.333. The number of aldehydes is 1. The van der Waals surface area contributed by atoms with E-state index in [1.165, 1.54) is 6.07 Å².